The first kappa shape index (κ1) is 7.28. The van der Waals surface area contributed by atoms with E-state index in [0.29, 0.717) is 11.1 Å². The Hall–Kier alpha value is -1.38. The number of fused-ring (bicyclic) bond motifs is 1. The van der Waals surface area contributed by atoms with Gasteiger partial charge in [-0.3, -0.25) is 4.79 Å². The highest BCUT2D eigenvalue weighted by atomic mass is 19.1. The summed E-state index contributed by atoms with van der Waals surface area (Å²) in [6.45, 7) is 0. The second kappa shape index (κ2) is 2.30. The van der Waals surface area contributed by atoms with Gasteiger partial charge in [0.1, 0.15) is 5.75 Å². The molecule has 0 aliphatic heterocycles. The van der Waals surface area contributed by atoms with Crippen molar-refractivity contribution in [3.63, 3.8) is 0 Å². The Labute approximate surface area is 68.6 Å². The lowest BCUT2D eigenvalue weighted by atomic mass is 10.1. The van der Waals surface area contributed by atoms with Crippen molar-refractivity contribution in [2.24, 2.45) is 0 Å². The topological polar surface area (TPSA) is 37.3 Å². The van der Waals surface area contributed by atoms with Crippen molar-refractivity contribution in [3.05, 3.63) is 29.3 Å². The molecule has 2 rings (SSSR count). The Balaban J connectivity index is 2.54. The maximum absolute atomic E-state index is 12.8. The molecule has 0 spiro atoms. The molecule has 0 bridgehead atoms. The van der Waals surface area contributed by atoms with Gasteiger partial charge in [0, 0.05) is 12.0 Å². The fourth-order valence-corrected chi connectivity index (χ4v) is 1.44. The molecule has 0 aromatic heterocycles. The summed E-state index contributed by atoms with van der Waals surface area (Å²) in [5.74, 6) is -0.388. The first-order valence-electron chi connectivity index (χ1n) is 3.68. The molecule has 62 valence electrons. The van der Waals surface area contributed by atoms with Gasteiger partial charge in [0.15, 0.2) is 12.0 Å². The molecule has 1 aromatic rings. The molecule has 2 nitrogen and oxygen atoms in total. The SMILES string of the molecule is O=C1c2ccc(O)cc2CC1F. The number of alkyl halides is 1. The van der Waals surface area contributed by atoms with Crippen LogP contribution in [0.2, 0.25) is 0 Å². The number of aromatic hydroxyl groups is 1. The normalized spacial score (nSPS) is 21.1. The van der Waals surface area contributed by atoms with Gasteiger partial charge in [-0.2, -0.15) is 0 Å². The van der Waals surface area contributed by atoms with Crippen LogP contribution in [0, 0.1) is 0 Å². The van der Waals surface area contributed by atoms with Gasteiger partial charge >= 0.3 is 0 Å². The highest BCUT2D eigenvalue weighted by Crippen LogP contribution is 2.27. The Morgan fingerprint density at radius 1 is 1.50 bits per heavy atom. The number of halogens is 1. The average Bonchev–Trinajstić information content (AvgIpc) is 2.28. The zero-order valence-electron chi connectivity index (χ0n) is 6.25. The maximum atomic E-state index is 12.8. The lowest BCUT2D eigenvalue weighted by Crippen LogP contribution is -2.07. The van der Waals surface area contributed by atoms with Gasteiger partial charge < -0.3 is 5.11 Å². The third kappa shape index (κ3) is 0.897. The Morgan fingerprint density at radius 3 is 3.00 bits per heavy atom. The average molecular weight is 166 g/mol. The van der Waals surface area contributed by atoms with Crippen LogP contribution in [0.1, 0.15) is 15.9 Å². The minimum absolute atomic E-state index is 0.0793. The van der Waals surface area contributed by atoms with Crippen molar-refractivity contribution in [1.82, 2.24) is 0 Å². The molecule has 0 heterocycles. The molecular formula is C9H7FO2. The molecule has 1 N–H and O–H groups in total. The van der Waals surface area contributed by atoms with Gasteiger partial charge in [0.2, 0.25) is 0 Å². The number of carbonyl (C=O) groups excluding carboxylic acids is 1. The molecule has 0 saturated heterocycles. The van der Waals surface area contributed by atoms with E-state index in [9.17, 15) is 9.18 Å². The van der Waals surface area contributed by atoms with Gasteiger partial charge in [-0.15, -0.1) is 0 Å². The molecule has 0 fully saturated rings. The zero-order valence-corrected chi connectivity index (χ0v) is 6.25. The van der Waals surface area contributed by atoms with Crippen LogP contribution >= 0.6 is 0 Å². The van der Waals surface area contributed by atoms with Crippen LogP contribution in [0.25, 0.3) is 0 Å². The fourth-order valence-electron chi connectivity index (χ4n) is 1.44. The van der Waals surface area contributed by atoms with Crippen molar-refractivity contribution in [2.45, 2.75) is 12.6 Å². The third-order valence-electron chi connectivity index (χ3n) is 2.04. The molecule has 0 amide bonds. The van der Waals surface area contributed by atoms with Crippen LogP contribution in [0.15, 0.2) is 18.2 Å². The fraction of sp³-hybridized carbons (Fsp3) is 0.222. The third-order valence-corrected chi connectivity index (χ3v) is 2.04. The van der Waals surface area contributed by atoms with E-state index in [1.807, 2.05) is 0 Å². The first-order valence-corrected chi connectivity index (χ1v) is 3.68. The van der Waals surface area contributed by atoms with Crippen LogP contribution in [0.4, 0.5) is 4.39 Å². The second-order valence-corrected chi connectivity index (χ2v) is 2.88. The van der Waals surface area contributed by atoms with Gasteiger partial charge in [-0.05, 0) is 23.8 Å². The van der Waals surface area contributed by atoms with E-state index in [2.05, 4.69) is 0 Å². The predicted molar refractivity (Wildman–Crippen MR) is 41.0 cm³/mol. The summed E-state index contributed by atoms with van der Waals surface area (Å²) in [5, 5.41) is 9.04. The van der Waals surface area contributed by atoms with Crippen LogP contribution in [0.3, 0.4) is 0 Å². The smallest absolute Gasteiger partial charge is 0.197 e. The first-order chi connectivity index (χ1) is 5.68. The number of ketones is 1. The van der Waals surface area contributed by atoms with Crippen molar-refractivity contribution >= 4 is 5.78 Å². The van der Waals surface area contributed by atoms with E-state index in [0.717, 1.165) is 0 Å². The number of Topliss-reactive ketones (excluding diaryl/α,β-unsaturated/α-hetero) is 1. The predicted octanol–water partition coefficient (Wildman–Crippen LogP) is 1.47. The van der Waals surface area contributed by atoms with Crippen molar-refractivity contribution in [1.29, 1.82) is 0 Å². The van der Waals surface area contributed by atoms with E-state index in [1.165, 1.54) is 18.2 Å². The Morgan fingerprint density at radius 2 is 2.25 bits per heavy atom. The van der Waals surface area contributed by atoms with E-state index in [1.54, 1.807) is 0 Å². The van der Waals surface area contributed by atoms with Crippen LogP contribution in [-0.4, -0.2) is 17.1 Å². The second-order valence-electron chi connectivity index (χ2n) is 2.88. The van der Waals surface area contributed by atoms with Crippen LogP contribution in [-0.2, 0) is 6.42 Å². The molecule has 3 heteroatoms. The number of carbonyl (C=O) groups is 1. The lowest BCUT2D eigenvalue weighted by Gasteiger charge is -1.95. The number of phenols is 1. The number of hydrogen-bond acceptors (Lipinski definition) is 2. The molecule has 1 atom stereocenters. The molecule has 0 saturated carbocycles. The van der Waals surface area contributed by atoms with E-state index < -0.39 is 12.0 Å². The Bertz CT molecular complexity index is 346. The molecule has 1 unspecified atom stereocenters. The van der Waals surface area contributed by atoms with Gasteiger partial charge in [0.05, 0.1) is 0 Å². The monoisotopic (exact) mass is 166 g/mol. The molecular weight excluding hydrogens is 159 g/mol. The summed E-state index contributed by atoms with van der Waals surface area (Å²) in [7, 11) is 0. The largest absolute Gasteiger partial charge is 0.508 e. The summed E-state index contributed by atoms with van der Waals surface area (Å²) >= 11 is 0. The minimum atomic E-state index is -1.42. The van der Waals surface area contributed by atoms with Crippen LogP contribution < -0.4 is 0 Å². The minimum Gasteiger partial charge on any atom is -0.508 e. The van der Waals surface area contributed by atoms with Crippen molar-refractivity contribution in [3.8, 4) is 5.75 Å². The standard InChI is InChI=1S/C9H7FO2/c10-8-4-5-3-6(11)1-2-7(5)9(8)12/h1-3,8,11H,4H2. The molecule has 12 heavy (non-hydrogen) atoms. The summed E-state index contributed by atoms with van der Waals surface area (Å²) in [5.41, 5.74) is 1.01. The number of benzene rings is 1. The molecule has 1 aromatic carbocycles. The van der Waals surface area contributed by atoms with Gasteiger partial charge in [-0.1, -0.05) is 0 Å². The van der Waals surface area contributed by atoms with Crippen molar-refractivity contribution < 1.29 is 14.3 Å². The van der Waals surface area contributed by atoms with E-state index in [4.69, 9.17) is 5.11 Å². The Kier molecular flexibility index (Phi) is 1.40. The zero-order chi connectivity index (χ0) is 8.72. The summed E-state index contributed by atoms with van der Waals surface area (Å²) < 4.78 is 12.8. The summed E-state index contributed by atoms with van der Waals surface area (Å²) in [6.07, 6.45) is -1.32. The molecule has 0 radical (unpaired) electrons. The summed E-state index contributed by atoms with van der Waals surface area (Å²) in [6, 6.07) is 4.30. The number of rotatable bonds is 0. The quantitative estimate of drug-likeness (QED) is 0.633. The maximum Gasteiger partial charge on any atom is 0.197 e. The highest BCUT2D eigenvalue weighted by Gasteiger charge is 2.30. The summed E-state index contributed by atoms with van der Waals surface area (Å²) in [4.78, 5) is 11.1. The lowest BCUT2D eigenvalue weighted by molar-refractivity contribution is 0.0899. The van der Waals surface area contributed by atoms with Gasteiger partial charge in [-0.25, -0.2) is 4.39 Å². The van der Waals surface area contributed by atoms with Crippen molar-refractivity contribution in [2.75, 3.05) is 0 Å². The van der Waals surface area contributed by atoms with Crippen LogP contribution in [0.5, 0.6) is 5.75 Å². The highest BCUT2D eigenvalue weighted by molar-refractivity contribution is 6.03. The molecule has 1 aliphatic carbocycles. The van der Waals surface area contributed by atoms with E-state index in [-0.39, 0.29) is 12.2 Å². The van der Waals surface area contributed by atoms with E-state index >= 15 is 0 Å². The number of hydrogen-bond donors (Lipinski definition) is 1. The van der Waals surface area contributed by atoms with Gasteiger partial charge in [0.25, 0.3) is 0 Å². The number of phenolic OH excluding ortho intramolecular Hbond substituents is 1. The molecule has 1 aliphatic rings.